The van der Waals surface area contributed by atoms with E-state index in [4.69, 9.17) is 21.1 Å². The highest BCUT2D eigenvalue weighted by atomic mass is 35.5. The molecule has 0 atom stereocenters. The third-order valence-corrected chi connectivity index (χ3v) is 4.44. The van der Waals surface area contributed by atoms with E-state index in [1.165, 1.54) is 0 Å². The van der Waals surface area contributed by atoms with Gasteiger partial charge in [0.25, 0.3) is 0 Å². The molecule has 0 bridgehead atoms. The summed E-state index contributed by atoms with van der Waals surface area (Å²) in [5.41, 5.74) is 1.90. The van der Waals surface area contributed by atoms with Crippen molar-refractivity contribution < 1.29 is 14.3 Å². The molecule has 0 aliphatic heterocycles. The highest BCUT2D eigenvalue weighted by Crippen LogP contribution is 2.27. The molecule has 1 heterocycles. The lowest BCUT2D eigenvalue weighted by atomic mass is 10.1. The van der Waals surface area contributed by atoms with Gasteiger partial charge in [-0.2, -0.15) is 5.10 Å². The highest BCUT2D eigenvalue weighted by Gasteiger charge is 2.10. The van der Waals surface area contributed by atoms with E-state index in [0.29, 0.717) is 29.5 Å². The van der Waals surface area contributed by atoms with Gasteiger partial charge in [0.2, 0.25) is 5.91 Å². The summed E-state index contributed by atoms with van der Waals surface area (Å²) in [5, 5.41) is 8.62. The molecule has 3 aromatic rings. The van der Waals surface area contributed by atoms with Crippen LogP contribution in [0.2, 0.25) is 5.02 Å². The number of fused-ring (bicyclic) bond motifs is 1. The van der Waals surface area contributed by atoms with Crippen LogP contribution in [0.4, 0.5) is 0 Å². The van der Waals surface area contributed by atoms with E-state index in [2.05, 4.69) is 10.4 Å². The molecule has 0 fully saturated rings. The Labute approximate surface area is 156 Å². The molecule has 1 aromatic heterocycles. The van der Waals surface area contributed by atoms with Gasteiger partial charge in [-0.25, -0.2) is 0 Å². The number of ether oxygens (including phenoxy) is 2. The number of benzene rings is 2. The number of hydrogen-bond acceptors (Lipinski definition) is 4. The topological polar surface area (TPSA) is 65.4 Å². The number of halogens is 1. The van der Waals surface area contributed by atoms with Crippen molar-refractivity contribution in [1.29, 1.82) is 0 Å². The first kappa shape index (κ1) is 18.1. The van der Waals surface area contributed by atoms with Crippen LogP contribution in [0.25, 0.3) is 10.9 Å². The normalized spacial score (nSPS) is 10.7. The molecule has 7 heteroatoms. The molecule has 26 heavy (non-hydrogen) atoms. The second kappa shape index (κ2) is 8.10. The molecule has 3 rings (SSSR count). The molecule has 6 nitrogen and oxygen atoms in total. The van der Waals surface area contributed by atoms with Gasteiger partial charge < -0.3 is 14.8 Å². The monoisotopic (exact) mass is 373 g/mol. The summed E-state index contributed by atoms with van der Waals surface area (Å²) < 4.78 is 12.2. The number of rotatable bonds is 7. The predicted molar refractivity (Wildman–Crippen MR) is 101 cm³/mol. The number of methoxy groups -OCH3 is 2. The zero-order valence-corrected chi connectivity index (χ0v) is 15.4. The lowest BCUT2D eigenvalue weighted by Crippen LogP contribution is -2.29. The van der Waals surface area contributed by atoms with E-state index in [9.17, 15) is 4.79 Å². The van der Waals surface area contributed by atoms with Crippen LogP contribution < -0.4 is 14.8 Å². The van der Waals surface area contributed by atoms with Crippen molar-refractivity contribution >= 4 is 28.4 Å². The van der Waals surface area contributed by atoms with Crippen LogP contribution in [0.5, 0.6) is 11.5 Å². The van der Waals surface area contributed by atoms with Gasteiger partial charge in [0.1, 0.15) is 6.54 Å². The molecular weight excluding hydrogens is 354 g/mol. The molecule has 1 N–H and O–H groups in total. The van der Waals surface area contributed by atoms with Crippen molar-refractivity contribution in [2.75, 3.05) is 20.8 Å². The zero-order chi connectivity index (χ0) is 18.5. The van der Waals surface area contributed by atoms with E-state index in [1.807, 2.05) is 30.3 Å². The molecule has 0 saturated carbocycles. The zero-order valence-electron chi connectivity index (χ0n) is 14.7. The first-order valence-corrected chi connectivity index (χ1v) is 8.58. The molecule has 0 unspecified atom stereocenters. The molecular formula is C19H20ClN3O3. The molecule has 136 valence electrons. The van der Waals surface area contributed by atoms with Gasteiger partial charge in [0.05, 0.1) is 31.0 Å². The summed E-state index contributed by atoms with van der Waals surface area (Å²) in [6.07, 6.45) is 2.37. The Kier molecular flexibility index (Phi) is 5.63. The van der Waals surface area contributed by atoms with Crippen LogP contribution in [0.3, 0.4) is 0 Å². The van der Waals surface area contributed by atoms with Crippen molar-refractivity contribution in [3.05, 3.63) is 53.2 Å². The third-order valence-electron chi connectivity index (χ3n) is 4.11. The fraction of sp³-hybridized carbons (Fsp3) is 0.263. The fourth-order valence-electron chi connectivity index (χ4n) is 2.77. The average Bonchev–Trinajstić information content (AvgIpc) is 3.05. The van der Waals surface area contributed by atoms with Crippen molar-refractivity contribution in [1.82, 2.24) is 15.1 Å². The standard InChI is InChI=1S/C19H20ClN3O3/c1-25-17-7-6-13(10-18(17)26-2)8-9-21-19(24)12-23-16-5-3-4-15(20)14(16)11-22-23/h3-7,10-11H,8-9,12H2,1-2H3,(H,21,24). The first-order valence-electron chi connectivity index (χ1n) is 8.20. The van der Waals surface area contributed by atoms with Gasteiger partial charge in [-0.05, 0) is 36.2 Å². The molecule has 0 saturated heterocycles. The van der Waals surface area contributed by atoms with Crippen LogP contribution in [-0.2, 0) is 17.8 Å². The number of nitrogens with one attached hydrogen (secondary N) is 1. The second-order valence-electron chi connectivity index (χ2n) is 5.76. The van der Waals surface area contributed by atoms with Crippen molar-refractivity contribution in [3.8, 4) is 11.5 Å². The van der Waals surface area contributed by atoms with Gasteiger partial charge in [0, 0.05) is 11.9 Å². The molecule has 1 amide bonds. The van der Waals surface area contributed by atoms with Gasteiger partial charge >= 0.3 is 0 Å². The molecule has 2 aromatic carbocycles. The minimum atomic E-state index is -0.101. The van der Waals surface area contributed by atoms with Gasteiger partial charge in [0.15, 0.2) is 11.5 Å². The smallest absolute Gasteiger partial charge is 0.241 e. The van der Waals surface area contributed by atoms with E-state index >= 15 is 0 Å². The number of hydrogen-bond donors (Lipinski definition) is 1. The lowest BCUT2D eigenvalue weighted by Gasteiger charge is -2.10. The number of nitrogens with zero attached hydrogens (tertiary/aromatic N) is 2. The van der Waals surface area contributed by atoms with Crippen molar-refractivity contribution in [2.24, 2.45) is 0 Å². The number of aromatic nitrogens is 2. The lowest BCUT2D eigenvalue weighted by molar-refractivity contribution is -0.121. The van der Waals surface area contributed by atoms with Crippen molar-refractivity contribution in [3.63, 3.8) is 0 Å². The van der Waals surface area contributed by atoms with E-state index in [1.54, 1.807) is 31.2 Å². The van der Waals surface area contributed by atoms with Crippen LogP contribution >= 0.6 is 11.6 Å². The van der Waals surface area contributed by atoms with Crippen LogP contribution in [0.15, 0.2) is 42.6 Å². The summed E-state index contributed by atoms with van der Waals surface area (Å²) in [4.78, 5) is 12.2. The number of carbonyl (C=O) groups is 1. The van der Waals surface area contributed by atoms with Gasteiger partial charge in [-0.1, -0.05) is 23.7 Å². The van der Waals surface area contributed by atoms with Crippen LogP contribution in [0, 0.1) is 0 Å². The summed E-state index contributed by atoms with van der Waals surface area (Å²) in [6.45, 7) is 0.671. The maximum Gasteiger partial charge on any atom is 0.241 e. The van der Waals surface area contributed by atoms with Gasteiger partial charge in [-0.15, -0.1) is 0 Å². The summed E-state index contributed by atoms with van der Waals surface area (Å²) in [5.74, 6) is 1.26. The maximum atomic E-state index is 12.2. The SMILES string of the molecule is COc1ccc(CCNC(=O)Cn2ncc3c(Cl)cccc32)cc1OC. The van der Waals surface area contributed by atoms with E-state index in [-0.39, 0.29) is 12.5 Å². The predicted octanol–water partition coefficient (Wildman–Crippen LogP) is 3.07. The molecule has 0 radical (unpaired) electrons. The number of carbonyl (C=O) groups excluding carboxylic acids is 1. The Morgan fingerprint density at radius 3 is 2.77 bits per heavy atom. The fourth-order valence-corrected chi connectivity index (χ4v) is 2.99. The van der Waals surface area contributed by atoms with Crippen LogP contribution in [0.1, 0.15) is 5.56 Å². The number of amides is 1. The van der Waals surface area contributed by atoms with E-state index in [0.717, 1.165) is 16.5 Å². The molecule has 0 aliphatic carbocycles. The molecule has 0 spiro atoms. The minimum Gasteiger partial charge on any atom is -0.493 e. The van der Waals surface area contributed by atoms with Crippen molar-refractivity contribution in [2.45, 2.75) is 13.0 Å². The Hall–Kier alpha value is -2.73. The third kappa shape index (κ3) is 3.91. The second-order valence-corrected chi connectivity index (χ2v) is 6.17. The maximum absolute atomic E-state index is 12.2. The Bertz CT molecular complexity index is 924. The summed E-state index contributed by atoms with van der Waals surface area (Å²) in [6, 6.07) is 11.3. The van der Waals surface area contributed by atoms with Crippen LogP contribution in [-0.4, -0.2) is 36.5 Å². The van der Waals surface area contributed by atoms with E-state index < -0.39 is 0 Å². The first-order chi connectivity index (χ1) is 12.6. The summed E-state index contributed by atoms with van der Waals surface area (Å²) >= 11 is 6.13. The Balaban J connectivity index is 1.57. The largest absolute Gasteiger partial charge is 0.493 e. The Morgan fingerprint density at radius 2 is 2.00 bits per heavy atom. The highest BCUT2D eigenvalue weighted by molar-refractivity contribution is 6.35. The molecule has 0 aliphatic rings. The van der Waals surface area contributed by atoms with Gasteiger partial charge in [-0.3, -0.25) is 9.48 Å². The minimum absolute atomic E-state index is 0.101. The Morgan fingerprint density at radius 1 is 1.19 bits per heavy atom. The summed E-state index contributed by atoms with van der Waals surface area (Å²) in [7, 11) is 3.20. The quantitative estimate of drug-likeness (QED) is 0.691. The average molecular weight is 374 g/mol.